The van der Waals surface area contributed by atoms with E-state index in [-0.39, 0.29) is 11.4 Å². The van der Waals surface area contributed by atoms with Crippen LogP contribution in [0, 0.1) is 5.92 Å². The van der Waals surface area contributed by atoms with Gasteiger partial charge < -0.3 is 16.0 Å². The van der Waals surface area contributed by atoms with Crippen LogP contribution in [0.15, 0.2) is 0 Å². The van der Waals surface area contributed by atoms with Crippen LogP contribution < -0.4 is 16.0 Å². The number of carbonyl (C=O) groups excluding carboxylic acids is 1. The third-order valence-corrected chi connectivity index (χ3v) is 4.71. The fraction of sp³-hybridized carbons (Fsp3) is 0.941. The molecular weight excluding hydrogens is 262 g/mol. The van der Waals surface area contributed by atoms with E-state index in [0.29, 0.717) is 18.5 Å². The van der Waals surface area contributed by atoms with Gasteiger partial charge in [-0.3, -0.25) is 4.79 Å². The van der Waals surface area contributed by atoms with E-state index < -0.39 is 0 Å². The van der Waals surface area contributed by atoms with Crippen molar-refractivity contribution in [3.63, 3.8) is 0 Å². The van der Waals surface area contributed by atoms with Crippen LogP contribution in [0.1, 0.15) is 65.7 Å². The van der Waals surface area contributed by atoms with Crippen LogP contribution in [0.25, 0.3) is 0 Å². The predicted molar refractivity (Wildman–Crippen MR) is 87.3 cm³/mol. The SMILES string of the molecule is CC(C)(C)NC(=O)CCNC1CCCC1C1CCCCN1. The van der Waals surface area contributed by atoms with E-state index in [1.165, 1.54) is 45.1 Å². The maximum Gasteiger partial charge on any atom is 0.221 e. The topological polar surface area (TPSA) is 53.2 Å². The number of amides is 1. The summed E-state index contributed by atoms with van der Waals surface area (Å²) in [6.45, 7) is 8.07. The molecule has 4 nitrogen and oxygen atoms in total. The van der Waals surface area contributed by atoms with Gasteiger partial charge in [0.25, 0.3) is 0 Å². The molecule has 1 saturated carbocycles. The normalized spacial score (nSPS) is 30.3. The molecule has 1 saturated heterocycles. The van der Waals surface area contributed by atoms with Gasteiger partial charge in [-0.2, -0.15) is 0 Å². The first-order valence-electron chi connectivity index (χ1n) is 8.73. The molecule has 1 amide bonds. The smallest absolute Gasteiger partial charge is 0.221 e. The van der Waals surface area contributed by atoms with Crippen LogP contribution in [0.3, 0.4) is 0 Å². The molecule has 4 heteroatoms. The first-order chi connectivity index (χ1) is 9.96. The summed E-state index contributed by atoms with van der Waals surface area (Å²) < 4.78 is 0. The lowest BCUT2D eigenvalue weighted by Crippen LogP contribution is -2.47. The Labute approximate surface area is 129 Å². The minimum absolute atomic E-state index is 0.126. The van der Waals surface area contributed by atoms with E-state index >= 15 is 0 Å². The molecule has 2 fully saturated rings. The fourth-order valence-electron chi connectivity index (χ4n) is 3.82. The van der Waals surface area contributed by atoms with Crippen LogP contribution in [0.4, 0.5) is 0 Å². The van der Waals surface area contributed by atoms with Gasteiger partial charge in [0, 0.05) is 30.6 Å². The molecule has 3 unspecified atom stereocenters. The summed E-state index contributed by atoms with van der Waals surface area (Å²) >= 11 is 0. The summed E-state index contributed by atoms with van der Waals surface area (Å²) in [4.78, 5) is 11.9. The maximum atomic E-state index is 11.9. The van der Waals surface area contributed by atoms with Crippen LogP contribution >= 0.6 is 0 Å². The van der Waals surface area contributed by atoms with E-state index in [2.05, 4.69) is 16.0 Å². The average molecular weight is 295 g/mol. The standard InChI is InChI=1S/C17H33N3O/c1-17(2,3)20-16(21)10-12-19-15-9-6-7-13(15)14-8-4-5-11-18-14/h13-15,18-19H,4-12H2,1-3H3,(H,20,21). The van der Waals surface area contributed by atoms with Crippen molar-refractivity contribution in [1.29, 1.82) is 0 Å². The highest BCUT2D eigenvalue weighted by atomic mass is 16.1. The Morgan fingerprint density at radius 1 is 1.14 bits per heavy atom. The monoisotopic (exact) mass is 295 g/mol. The van der Waals surface area contributed by atoms with Crippen molar-refractivity contribution >= 4 is 5.91 Å². The molecule has 0 aromatic rings. The minimum Gasteiger partial charge on any atom is -0.351 e. The molecule has 21 heavy (non-hydrogen) atoms. The highest BCUT2D eigenvalue weighted by Crippen LogP contribution is 2.31. The minimum atomic E-state index is -0.126. The van der Waals surface area contributed by atoms with E-state index in [4.69, 9.17) is 0 Å². The van der Waals surface area contributed by atoms with Crippen molar-refractivity contribution in [1.82, 2.24) is 16.0 Å². The molecule has 1 aliphatic heterocycles. The predicted octanol–water partition coefficient (Wildman–Crippen LogP) is 2.19. The summed E-state index contributed by atoms with van der Waals surface area (Å²) in [6, 6.07) is 1.30. The van der Waals surface area contributed by atoms with Gasteiger partial charge in [-0.25, -0.2) is 0 Å². The molecule has 3 N–H and O–H groups in total. The Morgan fingerprint density at radius 3 is 2.62 bits per heavy atom. The molecular formula is C17H33N3O. The number of nitrogens with one attached hydrogen (secondary N) is 3. The Balaban J connectivity index is 1.70. The van der Waals surface area contributed by atoms with Gasteiger partial charge in [-0.1, -0.05) is 12.8 Å². The van der Waals surface area contributed by atoms with Crippen molar-refractivity contribution in [3.8, 4) is 0 Å². The van der Waals surface area contributed by atoms with Gasteiger partial charge in [-0.05, 0) is 58.9 Å². The molecule has 122 valence electrons. The number of hydrogen-bond donors (Lipinski definition) is 3. The van der Waals surface area contributed by atoms with Gasteiger partial charge >= 0.3 is 0 Å². The maximum absolute atomic E-state index is 11.9. The number of hydrogen-bond acceptors (Lipinski definition) is 3. The summed E-state index contributed by atoms with van der Waals surface area (Å²) in [6.07, 6.45) is 8.54. The molecule has 0 spiro atoms. The molecule has 0 aromatic heterocycles. The quantitative estimate of drug-likeness (QED) is 0.729. The third kappa shape index (κ3) is 5.59. The summed E-state index contributed by atoms with van der Waals surface area (Å²) in [5.41, 5.74) is -0.126. The van der Waals surface area contributed by atoms with Crippen molar-refractivity contribution in [2.75, 3.05) is 13.1 Å². The summed E-state index contributed by atoms with van der Waals surface area (Å²) in [7, 11) is 0. The second-order valence-electron chi connectivity index (χ2n) is 7.76. The van der Waals surface area contributed by atoms with Crippen LogP contribution in [-0.2, 0) is 4.79 Å². The zero-order chi connectivity index (χ0) is 15.3. The van der Waals surface area contributed by atoms with E-state index in [0.717, 1.165) is 12.5 Å². The third-order valence-electron chi connectivity index (χ3n) is 4.71. The Bertz CT molecular complexity index is 331. The Hall–Kier alpha value is -0.610. The first kappa shape index (κ1) is 16.8. The molecule has 2 rings (SSSR count). The lowest BCUT2D eigenvalue weighted by atomic mass is 9.88. The summed E-state index contributed by atoms with van der Waals surface area (Å²) in [5.74, 6) is 0.913. The van der Waals surface area contributed by atoms with E-state index in [9.17, 15) is 4.79 Å². The molecule has 3 atom stereocenters. The largest absolute Gasteiger partial charge is 0.351 e. The molecule has 2 aliphatic rings. The number of carbonyl (C=O) groups is 1. The van der Waals surface area contributed by atoms with Crippen LogP contribution in [0.2, 0.25) is 0 Å². The van der Waals surface area contributed by atoms with Gasteiger partial charge in [0.15, 0.2) is 0 Å². The van der Waals surface area contributed by atoms with Gasteiger partial charge in [-0.15, -0.1) is 0 Å². The molecule has 0 radical (unpaired) electrons. The van der Waals surface area contributed by atoms with Crippen molar-refractivity contribution in [2.45, 2.75) is 83.3 Å². The van der Waals surface area contributed by atoms with Crippen molar-refractivity contribution in [3.05, 3.63) is 0 Å². The molecule has 1 heterocycles. The Kier molecular flexibility index (Phi) is 6.06. The van der Waals surface area contributed by atoms with Gasteiger partial charge in [0.2, 0.25) is 5.91 Å². The highest BCUT2D eigenvalue weighted by Gasteiger charge is 2.33. The van der Waals surface area contributed by atoms with Crippen LogP contribution in [-0.4, -0.2) is 36.6 Å². The fourth-order valence-corrected chi connectivity index (χ4v) is 3.82. The molecule has 0 bridgehead atoms. The second-order valence-corrected chi connectivity index (χ2v) is 7.76. The van der Waals surface area contributed by atoms with Crippen LogP contribution in [0.5, 0.6) is 0 Å². The van der Waals surface area contributed by atoms with E-state index in [1.807, 2.05) is 20.8 Å². The molecule has 1 aliphatic carbocycles. The van der Waals surface area contributed by atoms with Gasteiger partial charge in [0.05, 0.1) is 0 Å². The lowest BCUT2D eigenvalue weighted by Gasteiger charge is -2.33. The number of rotatable bonds is 5. The van der Waals surface area contributed by atoms with Crippen molar-refractivity contribution < 1.29 is 4.79 Å². The first-order valence-corrected chi connectivity index (χ1v) is 8.73. The second kappa shape index (κ2) is 7.59. The zero-order valence-electron chi connectivity index (χ0n) is 14.0. The average Bonchev–Trinajstić information content (AvgIpc) is 2.86. The molecule has 0 aromatic carbocycles. The number of piperidine rings is 1. The van der Waals surface area contributed by atoms with Crippen molar-refractivity contribution in [2.24, 2.45) is 5.92 Å². The van der Waals surface area contributed by atoms with Gasteiger partial charge in [0.1, 0.15) is 0 Å². The Morgan fingerprint density at radius 2 is 1.95 bits per heavy atom. The lowest BCUT2D eigenvalue weighted by molar-refractivity contribution is -0.122. The van der Waals surface area contributed by atoms with E-state index in [1.54, 1.807) is 0 Å². The zero-order valence-corrected chi connectivity index (χ0v) is 14.0. The summed E-state index contributed by atoms with van der Waals surface area (Å²) in [5, 5.41) is 10.4. The highest BCUT2D eigenvalue weighted by molar-refractivity contribution is 5.76.